The Morgan fingerprint density at radius 2 is 1.78 bits per heavy atom. The Balaban J connectivity index is 2.12. The topological polar surface area (TPSA) is 29.3 Å². The molecule has 2 heteroatoms. The summed E-state index contributed by atoms with van der Waals surface area (Å²) in [7, 11) is 2.15. The zero-order valence-corrected chi connectivity index (χ0v) is 11.3. The van der Waals surface area contributed by atoms with Crippen LogP contribution < -0.4 is 5.73 Å². The van der Waals surface area contributed by atoms with E-state index in [1.54, 1.807) is 0 Å². The smallest absolute Gasteiger partial charge is 0.0230 e. The summed E-state index contributed by atoms with van der Waals surface area (Å²) in [6.45, 7) is 4.95. The van der Waals surface area contributed by atoms with Crippen LogP contribution in [0.4, 0.5) is 0 Å². The number of rotatable bonds is 5. The van der Waals surface area contributed by atoms with Gasteiger partial charge >= 0.3 is 0 Å². The average molecular weight is 242 g/mol. The van der Waals surface area contributed by atoms with E-state index in [1.165, 1.54) is 21.9 Å². The lowest BCUT2D eigenvalue weighted by atomic mass is 10.0. The van der Waals surface area contributed by atoms with Crippen molar-refractivity contribution < 1.29 is 0 Å². The normalized spacial score (nSPS) is 11.3. The molecule has 0 aliphatic rings. The zero-order valence-electron chi connectivity index (χ0n) is 11.3. The molecule has 0 atom stereocenters. The van der Waals surface area contributed by atoms with Gasteiger partial charge in [-0.3, -0.25) is 0 Å². The molecule has 0 fully saturated rings. The predicted octanol–water partition coefficient (Wildman–Crippen LogP) is 2.93. The van der Waals surface area contributed by atoms with Crippen LogP contribution in [0.25, 0.3) is 10.8 Å². The molecule has 0 saturated carbocycles. The van der Waals surface area contributed by atoms with Crippen molar-refractivity contribution in [3.05, 3.63) is 47.5 Å². The van der Waals surface area contributed by atoms with E-state index in [2.05, 4.69) is 55.3 Å². The van der Waals surface area contributed by atoms with Crippen molar-refractivity contribution in [1.82, 2.24) is 4.90 Å². The molecule has 0 aliphatic heterocycles. The number of benzene rings is 2. The molecular formula is C16H22N2. The van der Waals surface area contributed by atoms with Crippen molar-refractivity contribution in [2.24, 2.45) is 5.73 Å². The van der Waals surface area contributed by atoms with Gasteiger partial charge in [-0.2, -0.15) is 0 Å². The van der Waals surface area contributed by atoms with Gasteiger partial charge in [-0.15, -0.1) is 0 Å². The molecule has 2 rings (SSSR count). The lowest BCUT2D eigenvalue weighted by molar-refractivity contribution is 0.324. The fraction of sp³-hybridized carbons (Fsp3) is 0.375. The average Bonchev–Trinajstić information content (AvgIpc) is 2.36. The first-order chi connectivity index (χ1) is 8.69. The number of hydrogen-bond donors (Lipinski definition) is 1. The van der Waals surface area contributed by atoms with Crippen LogP contribution in [0.15, 0.2) is 36.4 Å². The highest BCUT2D eigenvalue weighted by Gasteiger charge is 2.01. The van der Waals surface area contributed by atoms with Gasteiger partial charge in [0, 0.05) is 6.54 Å². The SMILES string of the molecule is Cc1ccc2cc(CN(C)CCCN)ccc2c1. The number of nitrogens with two attached hydrogens (primary N) is 1. The van der Waals surface area contributed by atoms with Crippen LogP contribution in [-0.2, 0) is 6.54 Å². The molecule has 0 bridgehead atoms. The van der Waals surface area contributed by atoms with Crippen LogP contribution in [-0.4, -0.2) is 25.0 Å². The van der Waals surface area contributed by atoms with E-state index in [0.29, 0.717) is 0 Å². The number of fused-ring (bicyclic) bond motifs is 1. The fourth-order valence-corrected chi connectivity index (χ4v) is 2.26. The highest BCUT2D eigenvalue weighted by atomic mass is 15.1. The third-order valence-electron chi connectivity index (χ3n) is 3.26. The number of hydrogen-bond acceptors (Lipinski definition) is 2. The quantitative estimate of drug-likeness (QED) is 0.873. The van der Waals surface area contributed by atoms with Gasteiger partial charge in [0.1, 0.15) is 0 Å². The zero-order chi connectivity index (χ0) is 13.0. The van der Waals surface area contributed by atoms with Crippen LogP contribution in [0.3, 0.4) is 0 Å². The molecule has 0 saturated heterocycles. The summed E-state index contributed by atoms with van der Waals surface area (Å²) in [4.78, 5) is 2.32. The van der Waals surface area contributed by atoms with Gasteiger partial charge in [0.15, 0.2) is 0 Å². The minimum absolute atomic E-state index is 0.765. The van der Waals surface area contributed by atoms with E-state index >= 15 is 0 Å². The molecule has 18 heavy (non-hydrogen) atoms. The molecule has 96 valence electrons. The third kappa shape index (κ3) is 3.31. The summed E-state index contributed by atoms with van der Waals surface area (Å²) in [6.07, 6.45) is 1.06. The molecule has 2 nitrogen and oxygen atoms in total. The summed E-state index contributed by atoms with van der Waals surface area (Å²) < 4.78 is 0. The standard InChI is InChI=1S/C16H22N2/c1-13-4-6-16-11-14(5-7-15(16)10-13)12-18(2)9-3-8-17/h4-7,10-11H,3,8-9,12,17H2,1-2H3. The Kier molecular flexibility index (Phi) is 4.34. The maximum Gasteiger partial charge on any atom is 0.0230 e. The van der Waals surface area contributed by atoms with E-state index < -0.39 is 0 Å². The molecular weight excluding hydrogens is 220 g/mol. The van der Waals surface area contributed by atoms with Crippen LogP contribution in [0.5, 0.6) is 0 Å². The maximum absolute atomic E-state index is 5.53. The Bertz CT molecular complexity index is 519. The first-order valence-electron chi connectivity index (χ1n) is 6.57. The largest absolute Gasteiger partial charge is 0.330 e. The Labute approximate surface area is 109 Å². The summed E-state index contributed by atoms with van der Waals surface area (Å²) in [6, 6.07) is 13.3. The summed E-state index contributed by atoms with van der Waals surface area (Å²) in [5.74, 6) is 0. The summed E-state index contributed by atoms with van der Waals surface area (Å²) >= 11 is 0. The van der Waals surface area contributed by atoms with Crippen molar-refractivity contribution in [2.45, 2.75) is 19.9 Å². The fourth-order valence-electron chi connectivity index (χ4n) is 2.26. The summed E-state index contributed by atoms with van der Waals surface area (Å²) in [5.41, 5.74) is 8.21. The monoisotopic (exact) mass is 242 g/mol. The number of nitrogens with zero attached hydrogens (tertiary/aromatic N) is 1. The second kappa shape index (κ2) is 5.98. The second-order valence-corrected chi connectivity index (χ2v) is 5.06. The van der Waals surface area contributed by atoms with Gasteiger partial charge in [0.2, 0.25) is 0 Å². The number of aryl methyl sites for hydroxylation is 1. The molecule has 0 aliphatic carbocycles. The van der Waals surface area contributed by atoms with Gasteiger partial charge in [-0.05, 0) is 55.9 Å². The van der Waals surface area contributed by atoms with E-state index in [0.717, 1.165) is 26.1 Å². The molecule has 0 spiro atoms. The Hall–Kier alpha value is -1.38. The van der Waals surface area contributed by atoms with Gasteiger partial charge < -0.3 is 10.6 Å². The lowest BCUT2D eigenvalue weighted by Crippen LogP contribution is -2.21. The minimum atomic E-state index is 0.765. The minimum Gasteiger partial charge on any atom is -0.330 e. The Morgan fingerprint density at radius 3 is 2.56 bits per heavy atom. The molecule has 2 aromatic rings. The molecule has 2 N–H and O–H groups in total. The molecule has 0 amide bonds. The van der Waals surface area contributed by atoms with Crippen LogP contribution in [0.1, 0.15) is 17.5 Å². The van der Waals surface area contributed by atoms with Crippen molar-refractivity contribution >= 4 is 10.8 Å². The van der Waals surface area contributed by atoms with Gasteiger partial charge in [0.25, 0.3) is 0 Å². The molecule has 0 radical (unpaired) electrons. The predicted molar refractivity (Wildman–Crippen MR) is 78.7 cm³/mol. The van der Waals surface area contributed by atoms with Crippen molar-refractivity contribution in [3.8, 4) is 0 Å². The van der Waals surface area contributed by atoms with Gasteiger partial charge in [0.05, 0.1) is 0 Å². The second-order valence-electron chi connectivity index (χ2n) is 5.06. The molecule has 2 aromatic carbocycles. The van der Waals surface area contributed by atoms with Crippen molar-refractivity contribution in [3.63, 3.8) is 0 Å². The van der Waals surface area contributed by atoms with E-state index in [1.807, 2.05) is 0 Å². The Morgan fingerprint density at radius 1 is 1.06 bits per heavy atom. The van der Waals surface area contributed by atoms with Crippen LogP contribution in [0, 0.1) is 6.92 Å². The molecule has 0 unspecified atom stereocenters. The van der Waals surface area contributed by atoms with Crippen molar-refractivity contribution in [1.29, 1.82) is 0 Å². The first-order valence-corrected chi connectivity index (χ1v) is 6.57. The highest BCUT2D eigenvalue weighted by Crippen LogP contribution is 2.18. The van der Waals surface area contributed by atoms with E-state index in [-0.39, 0.29) is 0 Å². The highest BCUT2D eigenvalue weighted by molar-refractivity contribution is 5.83. The van der Waals surface area contributed by atoms with E-state index in [9.17, 15) is 0 Å². The maximum atomic E-state index is 5.53. The van der Waals surface area contributed by atoms with Crippen LogP contribution in [0.2, 0.25) is 0 Å². The van der Waals surface area contributed by atoms with Gasteiger partial charge in [-0.25, -0.2) is 0 Å². The van der Waals surface area contributed by atoms with Gasteiger partial charge in [-0.1, -0.05) is 35.9 Å². The summed E-state index contributed by atoms with van der Waals surface area (Å²) in [5, 5.41) is 2.65. The first kappa shape index (κ1) is 13.1. The van der Waals surface area contributed by atoms with E-state index in [4.69, 9.17) is 5.73 Å². The third-order valence-corrected chi connectivity index (χ3v) is 3.26. The lowest BCUT2D eigenvalue weighted by Gasteiger charge is -2.16. The molecule has 0 heterocycles. The molecule has 0 aromatic heterocycles. The van der Waals surface area contributed by atoms with Crippen molar-refractivity contribution in [2.75, 3.05) is 20.1 Å². The van der Waals surface area contributed by atoms with Crippen LogP contribution >= 0.6 is 0 Å².